The first kappa shape index (κ1) is 14.7. The molecule has 0 aromatic heterocycles. The minimum atomic E-state index is 0.212. The highest BCUT2D eigenvalue weighted by Crippen LogP contribution is 2.37. The van der Waals surface area contributed by atoms with Crippen LogP contribution in [0.2, 0.25) is 0 Å². The molecule has 0 aliphatic carbocycles. The summed E-state index contributed by atoms with van der Waals surface area (Å²) in [6.07, 6.45) is 2.21. The zero-order chi connectivity index (χ0) is 14.8. The number of benzene rings is 1. The van der Waals surface area contributed by atoms with Gasteiger partial charge in [0, 0.05) is 13.7 Å². The van der Waals surface area contributed by atoms with Gasteiger partial charge in [0.2, 0.25) is 0 Å². The lowest BCUT2D eigenvalue weighted by Crippen LogP contribution is -2.40. The Bertz CT molecular complexity index is 509. The number of methoxy groups -OCH3 is 1. The van der Waals surface area contributed by atoms with E-state index in [0.29, 0.717) is 0 Å². The predicted molar refractivity (Wildman–Crippen MR) is 85.4 cm³/mol. The third-order valence-corrected chi connectivity index (χ3v) is 4.33. The number of hydrogen-bond donors (Lipinski definition) is 0. The van der Waals surface area contributed by atoms with Gasteiger partial charge in [-0.1, -0.05) is 0 Å². The van der Waals surface area contributed by atoms with Crippen LogP contribution in [0, 0.1) is 0 Å². The molecule has 112 valence electrons. The molecule has 0 bridgehead atoms. The fourth-order valence-corrected chi connectivity index (χ4v) is 3.18. The molecular weight excluding hydrogens is 263 g/mol. The molecule has 0 N–H and O–H groups in total. The van der Waals surface area contributed by atoms with E-state index < -0.39 is 0 Å². The summed E-state index contributed by atoms with van der Waals surface area (Å²) in [5, 5.41) is 0. The van der Waals surface area contributed by atoms with E-state index in [1.807, 2.05) is 4.81 Å². The zero-order valence-corrected chi connectivity index (χ0v) is 13.0. The summed E-state index contributed by atoms with van der Waals surface area (Å²) in [6.45, 7) is 6.50. The molecule has 0 saturated carbocycles. The van der Waals surface area contributed by atoms with Crippen LogP contribution in [0.25, 0.3) is 0 Å². The van der Waals surface area contributed by atoms with Gasteiger partial charge in [-0.05, 0) is 56.1 Å². The fraction of sp³-hybridized carbons (Fsp3) is 0.625. The molecule has 1 aromatic carbocycles. The van der Waals surface area contributed by atoms with Gasteiger partial charge in [-0.15, -0.1) is 0 Å². The molecule has 0 saturated heterocycles. The normalized spacial score (nSPS) is 22.2. The van der Waals surface area contributed by atoms with Crippen molar-refractivity contribution in [2.75, 3.05) is 44.8 Å². The number of ether oxygens (including phenoxy) is 2. The first-order chi connectivity index (χ1) is 10.2. The van der Waals surface area contributed by atoms with Crippen LogP contribution in [-0.4, -0.2) is 58.8 Å². The molecule has 2 aliphatic heterocycles. The lowest BCUT2D eigenvalue weighted by atomic mass is 10.00. The van der Waals surface area contributed by atoms with Crippen molar-refractivity contribution in [1.82, 2.24) is 4.81 Å². The molecule has 1 atom stereocenters. The van der Waals surface area contributed by atoms with E-state index in [2.05, 4.69) is 24.0 Å². The third kappa shape index (κ3) is 3.19. The molecule has 3 rings (SSSR count). The van der Waals surface area contributed by atoms with Gasteiger partial charge in [0.25, 0.3) is 0 Å². The lowest BCUT2D eigenvalue weighted by Gasteiger charge is -2.35. The summed E-state index contributed by atoms with van der Waals surface area (Å²) in [4.78, 5) is 4.28. The summed E-state index contributed by atoms with van der Waals surface area (Å²) in [5.74, 6) is 1.01. The van der Waals surface area contributed by atoms with Crippen molar-refractivity contribution >= 4 is 13.7 Å². The second kappa shape index (κ2) is 6.28. The van der Waals surface area contributed by atoms with Gasteiger partial charge >= 0.3 is 0 Å². The molecule has 21 heavy (non-hydrogen) atoms. The highest BCUT2D eigenvalue weighted by Gasteiger charge is 2.25. The van der Waals surface area contributed by atoms with Crippen molar-refractivity contribution in [3.63, 3.8) is 0 Å². The monoisotopic (exact) mass is 286 g/mol. The summed E-state index contributed by atoms with van der Waals surface area (Å²) in [7, 11) is 7.71. The number of rotatable bonds is 3. The SMILES string of the molecule is [B]N1CCc2cc3c(cc2CC1)N(CCOC)CC(C)O3. The molecule has 0 spiro atoms. The van der Waals surface area contributed by atoms with E-state index >= 15 is 0 Å². The van der Waals surface area contributed by atoms with Crippen LogP contribution >= 0.6 is 0 Å². The van der Waals surface area contributed by atoms with Crippen LogP contribution in [0.3, 0.4) is 0 Å². The van der Waals surface area contributed by atoms with Crippen molar-refractivity contribution in [2.45, 2.75) is 25.9 Å². The molecule has 1 aromatic rings. The molecule has 0 fully saturated rings. The first-order valence-electron chi connectivity index (χ1n) is 7.73. The van der Waals surface area contributed by atoms with Crippen molar-refractivity contribution < 1.29 is 9.47 Å². The predicted octanol–water partition coefficient (Wildman–Crippen LogP) is 1.40. The van der Waals surface area contributed by atoms with Gasteiger partial charge in [0.15, 0.2) is 7.98 Å². The number of fused-ring (bicyclic) bond motifs is 2. The Hall–Kier alpha value is -1.20. The second-order valence-electron chi connectivity index (χ2n) is 5.99. The maximum absolute atomic E-state index is 6.05. The molecule has 2 radical (unpaired) electrons. The highest BCUT2D eigenvalue weighted by atomic mass is 16.5. The van der Waals surface area contributed by atoms with Gasteiger partial charge < -0.3 is 19.2 Å². The lowest BCUT2D eigenvalue weighted by molar-refractivity contribution is 0.186. The zero-order valence-electron chi connectivity index (χ0n) is 13.0. The Balaban J connectivity index is 1.91. The highest BCUT2D eigenvalue weighted by molar-refractivity contribution is 6.04. The maximum atomic E-state index is 6.05. The molecule has 4 nitrogen and oxygen atoms in total. The standard InChI is InChI=1S/C16H23BN2O2/c1-12-11-18(7-8-20-2)15-9-13-3-5-19(17)6-4-14(13)10-16(15)21-12/h9-10,12H,3-8,11H2,1-2H3. The number of hydrogen-bond acceptors (Lipinski definition) is 4. The van der Waals surface area contributed by atoms with Gasteiger partial charge in [-0.3, -0.25) is 0 Å². The number of anilines is 1. The van der Waals surface area contributed by atoms with Crippen LogP contribution in [-0.2, 0) is 17.6 Å². The summed E-state index contributed by atoms with van der Waals surface area (Å²) in [5.41, 5.74) is 3.99. The van der Waals surface area contributed by atoms with Crippen molar-refractivity contribution in [1.29, 1.82) is 0 Å². The summed E-state index contributed by atoms with van der Waals surface area (Å²) >= 11 is 0. The smallest absolute Gasteiger partial charge is 0.182 e. The van der Waals surface area contributed by atoms with E-state index in [9.17, 15) is 0 Å². The summed E-state index contributed by atoms with van der Waals surface area (Å²) < 4.78 is 11.3. The van der Waals surface area contributed by atoms with Gasteiger partial charge in [0.1, 0.15) is 11.9 Å². The molecular formula is C16H23BN2O2. The van der Waals surface area contributed by atoms with E-state index in [-0.39, 0.29) is 6.10 Å². The summed E-state index contributed by atoms with van der Waals surface area (Å²) in [6, 6.07) is 4.52. The van der Waals surface area contributed by atoms with Crippen LogP contribution < -0.4 is 9.64 Å². The number of nitrogens with zero attached hydrogens (tertiary/aromatic N) is 2. The Labute approximate surface area is 128 Å². The Kier molecular flexibility index (Phi) is 4.41. The third-order valence-electron chi connectivity index (χ3n) is 4.33. The maximum Gasteiger partial charge on any atom is 0.182 e. The minimum absolute atomic E-state index is 0.212. The van der Waals surface area contributed by atoms with Gasteiger partial charge in [0.05, 0.1) is 18.8 Å². The van der Waals surface area contributed by atoms with Crippen LogP contribution in [0.4, 0.5) is 5.69 Å². The van der Waals surface area contributed by atoms with Gasteiger partial charge in [-0.25, -0.2) is 0 Å². The first-order valence-corrected chi connectivity index (χ1v) is 7.73. The molecule has 0 amide bonds. The minimum Gasteiger partial charge on any atom is -0.487 e. The molecule has 2 aliphatic rings. The van der Waals surface area contributed by atoms with Crippen LogP contribution in [0.5, 0.6) is 5.75 Å². The van der Waals surface area contributed by atoms with Crippen molar-refractivity contribution in [2.24, 2.45) is 0 Å². The van der Waals surface area contributed by atoms with Gasteiger partial charge in [-0.2, -0.15) is 0 Å². The molecule has 1 unspecified atom stereocenters. The quantitative estimate of drug-likeness (QED) is 0.784. The Morgan fingerprint density at radius 2 is 2.00 bits per heavy atom. The van der Waals surface area contributed by atoms with E-state index in [0.717, 1.165) is 51.4 Å². The van der Waals surface area contributed by atoms with E-state index in [1.165, 1.54) is 16.8 Å². The largest absolute Gasteiger partial charge is 0.487 e. The van der Waals surface area contributed by atoms with E-state index in [4.69, 9.17) is 17.5 Å². The van der Waals surface area contributed by atoms with Crippen LogP contribution in [0.1, 0.15) is 18.1 Å². The molecule has 5 heteroatoms. The van der Waals surface area contributed by atoms with Crippen LogP contribution in [0.15, 0.2) is 12.1 Å². The topological polar surface area (TPSA) is 24.9 Å². The second-order valence-corrected chi connectivity index (χ2v) is 5.99. The van der Waals surface area contributed by atoms with Crippen molar-refractivity contribution in [3.05, 3.63) is 23.3 Å². The average Bonchev–Trinajstić information content (AvgIpc) is 2.65. The van der Waals surface area contributed by atoms with E-state index in [1.54, 1.807) is 7.11 Å². The van der Waals surface area contributed by atoms with Crippen molar-refractivity contribution in [3.8, 4) is 5.75 Å². The Morgan fingerprint density at radius 1 is 1.29 bits per heavy atom. The Morgan fingerprint density at radius 3 is 2.71 bits per heavy atom. The average molecular weight is 286 g/mol. The molecule has 2 heterocycles. The fourth-order valence-electron chi connectivity index (χ4n) is 3.18.